The summed E-state index contributed by atoms with van der Waals surface area (Å²) in [6, 6.07) is 3.79. The monoisotopic (exact) mass is 298 g/mol. The Bertz CT molecular complexity index is 406. The Morgan fingerprint density at radius 1 is 1.00 bits per heavy atom. The van der Waals surface area contributed by atoms with Gasteiger partial charge in [0.05, 0.1) is 13.1 Å². The average molecular weight is 298 g/mol. The van der Waals surface area contributed by atoms with Gasteiger partial charge in [0.2, 0.25) is 0 Å². The van der Waals surface area contributed by atoms with Crippen LogP contribution in [-0.4, -0.2) is 13.1 Å². The zero-order valence-electron chi connectivity index (χ0n) is 13.7. The molecule has 0 aliphatic carbocycles. The fraction of sp³-hybridized carbons (Fsp3) is 0.667. The molecule has 0 bridgehead atoms. The van der Waals surface area contributed by atoms with E-state index < -0.39 is 0 Å². The van der Waals surface area contributed by atoms with Gasteiger partial charge < -0.3 is 0 Å². The summed E-state index contributed by atoms with van der Waals surface area (Å²) in [5.41, 5.74) is 0.488. The highest BCUT2D eigenvalue weighted by Crippen LogP contribution is 2.16. The van der Waals surface area contributed by atoms with Crippen molar-refractivity contribution in [2.24, 2.45) is 5.92 Å². The summed E-state index contributed by atoms with van der Waals surface area (Å²) in [6.07, 6.45) is 6.96. The summed E-state index contributed by atoms with van der Waals surface area (Å²) < 4.78 is 27.4. The van der Waals surface area contributed by atoms with Crippen molar-refractivity contribution in [1.82, 2.24) is 0 Å². The van der Waals surface area contributed by atoms with Gasteiger partial charge in [-0.2, -0.15) is 0 Å². The topological polar surface area (TPSA) is 4.44 Å². The molecule has 0 radical (unpaired) electrons. The predicted octanol–water partition coefficient (Wildman–Crippen LogP) is 4.50. The van der Waals surface area contributed by atoms with Crippen molar-refractivity contribution < 1.29 is 13.7 Å². The quantitative estimate of drug-likeness (QED) is 0.649. The molecule has 0 aromatic heterocycles. The molecule has 1 aromatic carbocycles. The third-order valence-corrected chi connectivity index (χ3v) is 4.26. The molecule has 21 heavy (non-hydrogen) atoms. The molecule has 120 valence electrons. The zero-order valence-corrected chi connectivity index (χ0v) is 13.7. The lowest BCUT2D eigenvalue weighted by Crippen LogP contribution is -3.07. The number of hydrogen-bond acceptors (Lipinski definition) is 0. The van der Waals surface area contributed by atoms with Crippen molar-refractivity contribution in [1.29, 1.82) is 0 Å². The van der Waals surface area contributed by atoms with Gasteiger partial charge >= 0.3 is 0 Å². The van der Waals surface area contributed by atoms with E-state index in [0.717, 1.165) is 30.8 Å². The van der Waals surface area contributed by atoms with Gasteiger partial charge in [0.1, 0.15) is 5.82 Å². The van der Waals surface area contributed by atoms with E-state index in [1.54, 1.807) is 0 Å². The minimum Gasteiger partial charge on any atom is -0.300 e. The zero-order chi connectivity index (χ0) is 15.7. The van der Waals surface area contributed by atoms with Gasteiger partial charge in [0.25, 0.3) is 0 Å². The van der Waals surface area contributed by atoms with E-state index in [1.807, 2.05) is 0 Å². The molecule has 2 atom stereocenters. The van der Waals surface area contributed by atoms with E-state index in [2.05, 4.69) is 20.8 Å². The van der Waals surface area contributed by atoms with Crippen LogP contribution < -0.4 is 4.90 Å². The minimum absolute atomic E-state index is 0.290. The SMILES string of the molecule is CCCCC(CC)CC[NH+](CCC)c1cc(F)ccc1F. The Hall–Kier alpha value is -0.960. The first kappa shape index (κ1) is 18.1. The van der Waals surface area contributed by atoms with Crippen LogP contribution in [0.2, 0.25) is 0 Å². The van der Waals surface area contributed by atoms with Crippen LogP contribution in [0, 0.1) is 17.6 Å². The Balaban J connectivity index is 2.70. The highest BCUT2D eigenvalue weighted by atomic mass is 19.1. The first-order valence-corrected chi connectivity index (χ1v) is 8.42. The lowest BCUT2D eigenvalue weighted by Gasteiger charge is -2.22. The van der Waals surface area contributed by atoms with Crippen LogP contribution in [-0.2, 0) is 0 Å². The molecule has 1 aromatic rings. The number of nitrogens with one attached hydrogen (secondary N) is 1. The lowest BCUT2D eigenvalue weighted by atomic mass is 9.95. The number of hydrogen-bond donors (Lipinski definition) is 1. The van der Waals surface area contributed by atoms with Crippen molar-refractivity contribution in [3.8, 4) is 0 Å². The standard InChI is InChI=1S/C18H29F2N/c1-4-7-8-15(6-3)11-13-21(12-5-2)18-14-16(19)9-10-17(18)20/h9-10,14-15H,4-8,11-13H2,1-3H3/p+1. The summed E-state index contributed by atoms with van der Waals surface area (Å²) in [5, 5.41) is 0. The second-order valence-electron chi connectivity index (χ2n) is 5.93. The molecule has 0 saturated heterocycles. The van der Waals surface area contributed by atoms with Gasteiger partial charge in [-0.25, -0.2) is 8.78 Å². The average Bonchev–Trinajstić information content (AvgIpc) is 2.49. The van der Waals surface area contributed by atoms with Crippen molar-refractivity contribution in [2.75, 3.05) is 13.1 Å². The molecule has 1 nitrogen and oxygen atoms in total. The van der Waals surface area contributed by atoms with Gasteiger partial charge in [-0.15, -0.1) is 0 Å². The van der Waals surface area contributed by atoms with Gasteiger partial charge in [-0.3, -0.25) is 4.90 Å². The Labute approximate surface area is 128 Å². The van der Waals surface area contributed by atoms with E-state index in [0.29, 0.717) is 11.6 Å². The smallest absolute Gasteiger partial charge is 0.183 e. The summed E-state index contributed by atoms with van der Waals surface area (Å²) >= 11 is 0. The number of rotatable bonds is 10. The van der Waals surface area contributed by atoms with Crippen LogP contribution in [0.3, 0.4) is 0 Å². The molecular formula is C18H30F2N+. The Morgan fingerprint density at radius 3 is 2.38 bits per heavy atom. The van der Waals surface area contributed by atoms with Crippen LogP contribution in [0.1, 0.15) is 59.3 Å². The first-order valence-electron chi connectivity index (χ1n) is 8.42. The maximum absolute atomic E-state index is 14.0. The van der Waals surface area contributed by atoms with Crippen molar-refractivity contribution in [3.63, 3.8) is 0 Å². The maximum Gasteiger partial charge on any atom is 0.183 e. The second-order valence-corrected chi connectivity index (χ2v) is 5.93. The summed E-state index contributed by atoms with van der Waals surface area (Å²) in [7, 11) is 0. The Morgan fingerprint density at radius 2 is 1.76 bits per heavy atom. The summed E-state index contributed by atoms with van der Waals surface area (Å²) in [5.74, 6) is 0.0629. The number of unbranched alkanes of at least 4 members (excludes halogenated alkanes) is 1. The maximum atomic E-state index is 14.0. The van der Waals surface area contributed by atoms with E-state index in [-0.39, 0.29) is 11.6 Å². The molecule has 0 heterocycles. The van der Waals surface area contributed by atoms with Gasteiger partial charge in [0.15, 0.2) is 11.5 Å². The molecular weight excluding hydrogens is 268 g/mol. The van der Waals surface area contributed by atoms with E-state index in [1.165, 1.54) is 43.9 Å². The molecule has 0 amide bonds. The fourth-order valence-corrected chi connectivity index (χ4v) is 2.89. The minimum atomic E-state index is -0.349. The van der Waals surface area contributed by atoms with Crippen LogP contribution in [0.15, 0.2) is 18.2 Å². The lowest BCUT2D eigenvalue weighted by molar-refractivity contribution is -0.834. The van der Waals surface area contributed by atoms with E-state index in [4.69, 9.17) is 0 Å². The molecule has 0 aliphatic rings. The number of benzene rings is 1. The third-order valence-electron chi connectivity index (χ3n) is 4.26. The van der Waals surface area contributed by atoms with Crippen molar-refractivity contribution in [2.45, 2.75) is 59.3 Å². The van der Waals surface area contributed by atoms with Crippen LogP contribution in [0.25, 0.3) is 0 Å². The third kappa shape index (κ3) is 6.13. The molecule has 0 saturated carbocycles. The second kappa shape index (κ2) is 9.88. The molecule has 1 rings (SSSR count). The molecule has 2 unspecified atom stereocenters. The summed E-state index contributed by atoms with van der Waals surface area (Å²) in [6.45, 7) is 8.26. The van der Waals surface area contributed by atoms with Crippen molar-refractivity contribution >= 4 is 5.69 Å². The van der Waals surface area contributed by atoms with Crippen LogP contribution in [0.4, 0.5) is 14.5 Å². The molecule has 1 N–H and O–H groups in total. The molecule has 3 heteroatoms. The normalized spacial score (nSPS) is 14.1. The van der Waals surface area contributed by atoms with Crippen LogP contribution in [0.5, 0.6) is 0 Å². The van der Waals surface area contributed by atoms with Gasteiger partial charge in [-0.1, -0.05) is 46.5 Å². The number of halogens is 2. The van der Waals surface area contributed by atoms with Crippen LogP contribution >= 0.6 is 0 Å². The fourth-order valence-electron chi connectivity index (χ4n) is 2.89. The molecule has 0 aliphatic heterocycles. The highest BCUT2D eigenvalue weighted by molar-refractivity contribution is 5.31. The highest BCUT2D eigenvalue weighted by Gasteiger charge is 2.19. The van der Waals surface area contributed by atoms with Gasteiger partial charge in [0, 0.05) is 6.07 Å². The number of quaternary nitrogens is 1. The first-order chi connectivity index (χ1) is 10.1. The molecule has 0 spiro atoms. The van der Waals surface area contributed by atoms with Crippen molar-refractivity contribution in [3.05, 3.63) is 29.8 Å². The largest absolute Gasteiger partial charge is 0.300 e. The van der Waals surface area contributed by atoms with E-state index >= 15 is 0 Å². The Kier molecular flexibility index (Phi) is 8.51. The molecule has 0 fully saturated rings. The van der Waals surface area contributed by atoms with Gasteiger partial charge in [-0.05, 0) is 30.9 Å². The predicted molar refractivity (Wildman–Crippen MR) is 84.9 cm³/mol. The van der Waals surface area contributed by atoms with E-state index in [9.17, 15) is 8.78 Å². The summed E-state index contributed by atoms with van der Waals surface area (Å²) in [4.78, 5) is 1.07.